The monoisotopic (exact) mass is 403 g/mol. The number of H-pyrrole nitrogens is 1. The second kappa shape index (κ2) is 6.89. The summed E-state index contributed by atoms with van der Waals surface area (Å²) in [7, 11) is 0. The normalized spacial score (nSPS) is 19.3. The Morgan fingerprint density at radius 2 is 1.97 bits per heavy atom. The highest BCUT2D eigenvalue weighted by Gasteiger charge is 2.29. The van der Waals surface area contributed by atoms with Gasteiger partial charge in [-0.3, -0.25) is 5.10 Å². The Hall–Kier alpha value is -2.84. The molecule has 4 heterocycles. The topological polar surface area (TPSA) is 82.6 Å². The lowest BCUT2D eigenvalue weighted by Gasteiger charge is -2.17. The van der Waals surface area contributed by atoms with Crippen LogP contribution in [0.3, 0.4) is 0 Å². The van der Waals surface area contributed by atoms with Crippen molar-refractivity contribution in [3.63, 3.8) is 0 Å². The molecule has 0 bridgehead atoms. The van der Waals surface area contributed by atoms with Gasteiger partial charge in [0.25, 0.3) is 0 Å². The molecule has 1 aromatic carbocycles. The van der Waals surface area contributed by atoms with E-state index >= 15 is 0 Å². The van der Waals surface area contributed by atoms with Crippen molar-refractivity contribution in [3.05, 3.63) is 42.2 Å². The Bertz CT molecular complexity index is 1130. The van der Waals surface area contributed by atoms with Crippen LogP contribution in [0.2, 0.25) is 0 Å². The first-order chi connectivity index (χ1) is 14.3. The fourth-order valence-corrected chi connectivity index (χ4v) is 4.95. The number of thiazole rings is 1. The van der Waals surface area contributed by atoms with Gasteiger partial charge in [0.05, 0.1) is 27.6 Å². The number of hydrogen-bond donors (Lipinski definition) is 2. The van der Waals surface area contributed by atoms with Crippen LogP contribution in [0.1, 0.15) is 19.3 Å². The number of hydrogen-bond acceptors (Lipinski definition) is 7. The van der Waals surface area contributed by atoms with Gasteiger partial charge in [0, 0.05) is 48.1 Å². The molecule has 1 saturated carbocycles. The molecule has 0 spiro atoms. The summed E-state index contributed by atoms with van der Waals surface area (Å²) in [6.45, 7) is 2.06. The fourth-order valence-electron chi connectivity index (χ4n) is 4.11. The standard InChI is InChI=1S/C21H21N7S/c1-2-14(1)25-15-7-8-28(11-15)19-6-5-18(26-27-19)17-4-3-16(13-9-23-24-10-13)20-21(17)29-12-22-20/h3-6,9-10,12,14-15,25H,1-2,7-8,11H2,(H,23,24). The maximum Gasteiger partial charge on any atom is 0.151 e. The van der Waals surface area contributed by atoms with E-state index in [9.17, 15) is 0 Å². The summed E-state index contributed by atoms with van der Waals surface area (Å²) in [5, 5.41) is 19.8. The Morgan fingerprint density at radius 3 is 2.76 bits per heavy atom. The van der Waals surface area contributed by atoms with Gasteiger partial charge in [0.2, 0.25) is 0 Å². The summed E-state index contributed by atoms with van der Waals surface area (Å²) in [5.41, 5.74) is 6.94. The maximum atomic E-state index is 4.59. The zero-order valence-corrected chi connectivity index (χ0v) is 16.7. The largest absolute Gasteiger partial charge is 0.354 e. The minimum absolute atomic E-state index is 0.580. The average molecular weight is 404 g/mol. The third-order valence-electron chi connectivity index (χ3n) is 5.78. The first kappa shape index (κ1) is 17.1. The molecule has 1 saturated heterocycles. The average Bonchev–Trinajstić information content (AvgIpc) is 3.19. The summed E-state index contributed by atoms with van der Waals surface area (Å²) in [5.74, 6) is 0.962. The smallest absolute Gasteiger partial charge is 0.151 e. The Kier molecular flexibility index (Phi) is 4.05. The molecule has 146 valence electrons. The van der Waals surface area contributed by atoms with Crippen molar-refractivity contribution >= 4 is 27.4 Å². The predicted molar refractivity (Wildman–Crippen MR) is 115 cm³/mol. The van der Waals surface area contributed by atoms with E-state index in [1.54, 1.807) is 11.3 Å². The van der Waals surface area contributed by atoms with Crippen molar-refractivity contribution in [1.29, 1.82) is 0 Å². The lowest BCUT2D eigenvalue weighted by atomic mass is 10.0. The van der Waals surface area contributed by atoms with E-state index < -0.39 is 0 Å². The van der Waals surface area contributed by atoms with Gasteiger partial charge in [0.15, 0.2) is 5.82 Å². The molecule has 6 rings (SSSR count). The lowest BCUT2D eigenvalue weighted by Crippen LogP contribution is -2.34. The number of anilines is 1. The number of fused-ring (bicyclic) bond motifs is 1. The first-order valence-electron chi connectivity index (χ1n) is 10.1. The van der Waals surface area contributed by atoms with Crippen LogP contribution < -0.4 is 10.2 Å². The highest BCUT2D eigenvalue weighted by atomic mass is 32.1. The van der Waals surface area contributed by atoms with Crippen LogP contribution in [-0.4, -0.2) is 50.6 Å². The zero-order valence-electron chi connectivity index (χ0n) is 15.9. The molecule has 2 fully saturated rings. The predicted octanol–water partition coefficient (Wildman–Crippen LogP) is 3.47. The SMILES string of the molecule is c1nc2c(-c3cn[nH]c3)ccc(-c3ccc(N4CCC(NC5CC5)C4)nn3)c2s1. The van der Waals surface area contributed by atoms with Gasteiger partial charge in [-0.1, -0.05) is 12.1 Å². The molecule has 1 aliphatic carbocycles. The fraction of sp³-hybridized carbons (Fsp3) is 0.333. The van der Waals surface area contributed by atoms with Gasteiger partial charge in [0.1, 0.15) is 0 Å². The van der Waals surface area contributed by atoms with E-state index in [0.717, 1.165) is 57.6 Å². The summed E-state index contributed by atoms with van der Waals surface area (Å²) >= 11 is 1.63. The van der Waals surface area contributed by atoms with Crippen molar-refractivity contribution in [2.45, 2.75) is 31.3 Å². The van der Waals surface area contributed by atoms with Crippen LogP contribution in [0.5, 0.6) is 0 Å². The molecular weight excluding hydrogens is 382 g/mol. The molecule has 8 heteroatoms. The Balaban J connectivity index is 1.27. The van der Waals surface area contributed by atoms with Gasteiger partial charge >= 0.3 is 0 Å². The zero-order chi connectivity index (χ0) is 19.2. The summed E-state index contributed by atoms with van der Waals surface area (Å²) < 4.78 is 1.13. The molecule has 3 aromatic heterocycles. The van der Waals surface area contributed by atoms with Gasteiger partial charge < -0.3 is 10.2 Å². The minimum Gasteiger partial charge on any atom is -0.354 e. The number of benzene rings is 1. The van der Waals surface area contributed by atoms with Crippen LogP contribution in [0.15, 0.2) is 42.2 Å². The molecule has 1 atom stereocenters. The number of nitrogens with one attached hydrogen (secondary N) is 2. The third-order valence-corrected chi connectivity index (χ3v) is 6.64. The van der Waals surface area contributed by atoms with Crippen molar-refractivity contribution in [1.82, 2.24) is 30.7 Å². The Morgan fingerprint density at radius 1 is 1.03 bits per heavy atom. The van der Waals surface area contributed by atoms with Crippen LogP contribution in [0.25, 0.3) is 32.6 Å². The van der Waals surface area contributed by atoms with E-state index in [1.165, 1.54) is 19.3 Å². The molecule has 1 aliphatic heterocycles. The van der Waals surface area contributed by atoms with Crippen LogP contribution in [-0.2, 0) is 0 Å². The van der Waals surface area contributed by atoms with Gasteiger partial charge in [-0.05, 0) is 31.4 Å². The third kappa shape index (κ3) is 3.18. The van der Waals surface area contributed by atoms with Crippen LogP contribution in [0.4, 0.5) is 5.82 Å². The maximum absolute atomic E-state index is 4.59. The van der Waals surface area contributed by atoms with Gasteiger partial charge in [-0.25, -0.2) is 4.98 Å². The van der Waals surface area contributed by atoms with E-state index in [1.807, 2.05) is 17.9 Å². The van der Waals surface area contributed by atoms with Crippen molar-refractivity contribution in [3.8, 4) is 22.4 Å². The molecule has 7 nitrogen and oxygen atoms in total. The molecule has 2 aliphatic rings. The number of aromatic amines is 1. The summed E-state index contributed by atoms with van der Waals surface area (Å²) in [4.78, 5) is 6.93. The second-order valence-electron chi connectivity index (χ2n) is 7.83. The highest BCUT2D eigenvalue weighted by molar-refractivity contribution is 7.17. The number of nitrogens with zero attached hydrogens (tertiary/aromatic N) is 5. The summed E-state index contributed by atoms with van der Waals surface area (Å²) in [6, 6.07) is 9.70. The Labute approximate surface area is 172 Å². The minimum atomic E-state index is 0.580. The van der Waals surface area contributed by atoms with E-state index in [0.29, 0.717) is 6.04 Å². The highest BCUT2D eigenvalue weighted by Crippen LogP contribution is 2.36. The molecular formula is C21H21N7S. The first-order valence-corrected chi connectivity index (χ1v) is 10.9. The molecule has 0 amide bonds. The lowest BCUT2D eigenvalue weighted by molar-refractivity contribution is 0.548. The molecule has 0 radical (unpaired) electrons. The molecule has 2 N–H and O–H groups in total. The molecule has 4 aromatic rings. The van der Waals surface area contributed by atoms with Crippen molar-refractivity contribution in [2.75, 3.05) is 18.0 Å². The second-order valence-corrected chi connectivity index (χ2v) is 8.68. The molecule has 1 unspecified atom stereocenters. The summed E-state index contributed by atoms with van der Waals surface area (Å²) in [6.07, 6.45) is 7.55. The van der Waals surface area contributed by atoms with Gasteiger partial charge in [-0.15, -0.1) is 21.5 Å². The van der Waals surface area contributed by atoms with Gasteiger partial charge in [-0.2, -0.15) is 5.10 Å². The number of aromatic nitrogens is 5. The quantitative estimate of drug-likeness (QED) is 0.531. The van der Waals surface area contributed by atoms with Crippen molar-refractivity contribution in [2.24, 2.45) is 0 Å². The van der Waals surface area contributed by atoms with E-state index in [4.69, 9.17) is 0 Å². The van der Waals surface area contributed by atoms with E-state index in [2.05, 4.69) is 59.9 Å². The van der Waals surface area contributed by atoms with Crippen LogP contribution in [0, 0.1) is 0 Å². The molecule has 29 heavy (non-hydrogen) atoms. The van der Waals surface area contributed by atoms with Crippen LogP contribution >= 0.6 is 11.3 Å². The van der Waals surface area contributed by atoms with Crippen molar-refractivity contribution < 1.29 is 0 Å². The number of rotatable bonds is 5. The van der Waals surface area contributed by atoms with E-state index in [-0.39, 0.29) is 0 Å².